The van der Waals surface area contributed by atoms with Crippen LogP contribution in [0.2, 0.25) is 0 Å². The standard InChI is InChI=1S/C22H21N5O2/c1-11-7-14(5-6-23-11)21-20-15-9-18(28-4)16(19-12(2)27-29-13(19)3)8-17(15)26-22(20)25-10-24-21/h5-10,12,27H,1-4H3,(H,24,25,26). The lowest BCUT2D eigenvalue weighted by Gasteiger charge is -2.13. The van der Waals surface area contributed by atoms with Gasteiger partial charge in [-0.2, -0.15) is 0 Å². The highest BCUT2D eigenvalue weighted by atomic mass is 16.7. The first-order valence-electron chi connectivity index (χ1n) is 9.47. The van der Waals surface area contributed by atoms with Crippen molar-refractivity contribution < 1.29 is 9.57 Å². The molecular weight excluding hydrogens is 366 g/mol. The smallest absolute Gasteiger partial charge is 0.142 e. The molecule has 7 nitrogen and oxygen atoms in total. The van der Waals surface area contributed by atoms with Crippen molar-refractivity contribution in [3.8, 4) is 17.0 Å². The van der Waals surface area contributed by atoms with Crippen molar-refractivity contribution in [3.63, 3.8) is 0 Å². The Balaban J connectivity index is 1.81. The van der Waals surface area contributed by atoms with Crippen LogP contribution in [0.15, 0.2) is 42.5 Å². The van der Waals surface area contributed by atoms with E-state index < -0.39 is 0 Å². The molecule has 0 bridgehead atoms. The number of hydroxylamine groups is 1. The Labute approximate surface area is 167 Å². The van der Waals surface area contributed by atoms with Crippen LogP contribution >= 0.6 is 0 Å². The molecule has 146 valence electrons. The van der Waals surface area contributed by atoms with Crippen molar-refractivity contribution in [1.82, 2.24) is 25.4 Å². The number of nitrogens with zero attached hydrogens (tertiary/aromatic N) is 3. The third-order valence-electron chi connectivity index (χ3n) is 5.37. The van der Waals surface area contributed by atoms with Gasteiger partial charge >= 0.3 is 0 Å². The number of aromatic nitrogens is 4. The minimum atomic E-state index is 0.0703. The van der Waals surface area contributed by atoms with E-state index in [9.17, 15) is 0 Å². The summed E-state index contributed by atoms with van der Waals surface area (Å²) in [5, 5.41) is 1.99. The van der Waals surface area contributed by atoms with Gasteiger partial charge in [0.15, 0.2) is 0 Å². The summed E-state index contributed by atoms with van der Waals surface area (Å²) in [6.07, 6.45) is 3.39. The topological polar surface area (TPSA) is 85.0 Å². The zero-order valence-electron chi connectivity index (χ0n) is 16.7. The summed E-state index contributed by atoms with van der Waals surface area (Å²) in [7, 11) is 1.69. The molecule has 0 aliphatic carbocycles. The summed E-state index contributed by atoms with van der Waals surface area (Å²) in [6, 6.07) is 8.22. The number of fused-ring (bicyclic) bond motifs is 3. The number of methoxy groups -OCH3 is 1. The fourth-order valence-electron chi connectivity index (χ4n) is 4.06. The first-order valence-corrected chi connectivity index (χ1v) is 9.47. The molecular formula is C22H21N5O2. The minimum Gasteiger partial charge on any atom is -0.496 e. The van der Waals surface area contributed by atoms with Gasteiger partial charge < -0.3 is 14.6 Å². The summed E-state index contributed by atoms with van der Waals surface area (Å²) in [5.41, 5.74) is 9.68. The van der Waals surface area contributed by atoms with Crippen LogP contribution in [-0.4, -0.2) is 33.1 Å². The number of aryl methyl sites for hydroxylation is 1. The molecule has 0 radical (unpaired) electrons. The summed E-state index contributed by atoms with van der Waals surface area (Å²) in [5.74, 6) is 1.63. The molecule has 2 N–H and O–H groups in total. The van der Waals surface area contributed by atoms with Crippen LogP contribution in [0.3, 0.4) is 0 Å². The van der Waals surface area contributed by atoms with Gasteiger partial charge in [0.2, 0.25) is 0 Å². The van der Waals surface area contributed by atoms with E-state index in [4.69, 9.17) is 9.57 Å². The van der Waals surface area contributed by atoms with Crippen LogP contribution < -0.4 is 10.2 Å². The predicted molar refractivity (Wildman–Crippen MR) is 112 cm³/mol. The van der Waals surface area contributed by atoms with E-state index in [0.717, 1.165) is 61.5 Å². The Kier molecular flexibility index (Phi) is 3.99. The fourth-order valence-corrected chi connectivity index (χ4v) is 4.06. The average Bonchev–Trinajstić information content (AvgIpc) is 3.25. The SMILES string of the molecule is COc1cc2c(cc1C1=C(C)ONC1C)[nH]c1ncnc(-c3ccnc(C)c3)c12. The van der Waals surface area contributed by atoms with Gasteiger partial charge in [-0.25, -0.2) is 9.97 Å². The summed E-state index contributed by atoms with van der Waals surface area (Å²) in [6.45, 7) is 5.99. The first-order chi connectivity index (χ1) is 14.1. The molecule has 1 aliphatic rings. The molecule has 0 spiro atoms. The predicted octanol–water partition coefficient (Wildman–Crippen LogP) is 4.14. The molecule has 4 aromatic rings. The number of hydrogen-bond acceptors (Lipinski definition) is 6. The zero-order chi connectivity index (χ0) is 20.1. The van der Waals surface area contributed by atoms with E-state index in [1.165, 1.54) is 0 Å². The van der Waals surface area contributed by atoms with Crippen molar-refractivity contribution in [2.75, 3.05) is 7.11 Å². The molecule has 7 heteroatoms. The van der Waals surface area contributed by atoms with E-state index in [1.54, 1.807) is 19.6 Å². The highest BCUT2D eigenvalue weighted by Gasteiger charge is 2.26. The Hall–Kier alpha value is -3.45. The zero-order valence-corrected chi connectivity index (χ0v) is 16.7. The molecule has 0 amide bonds. The second-order valence-corrected chi connectivity index (χ2v) is 7.27. The molecule has 0 saturated carbocycles. The molecule has 3 aromatic heterocycles. The lowest BCUT2D eigenvalue weighted by Crippen LogP contribution is -2.19. The van der Waals surface area contributed by atoms with Gasteiger partial charge in [0.05, 0.1) is 24.2 Å². The molecule has 1 aromatic carbocycles. The highest BCUT2D eigenvalue weighted by Crippen LogP contribution is 2.40. The second-order valence-electron chi connectivity index (χ2n) is 7.27. The molecule has 1 aliphatic heterocycles. The van der Waals surface area contributed by atoms with E-state index in [0.29, 0.717) is 0 Å². The number of nitrogens with one attached hydrogen (secondary N) is 2. The third-order valence-corrected chi connectivity index (χ3v) is 5.37. The normalized spacial score (nSPS) is 16.6. The van der Waals surface area contributed by atoms with Crippen LogP contribution in [0.1, 0.15) is 25.1 Å². The van der Waals surface area contributed by atoms with Crippen molar-refractivity contribution in [2.45, 2.75) is 26.8 Å². The van der Waals surface area contributed by atoms with Gasteiger partial charge in [0, 0.05) is 39.5 Å². The molecule has 1 unspecified atom stereocenters. The average molecular weight is 387 g/mol. The maximum absolute atomic E-state index is 5.76. The first kappa shape index (κ1) is 17.6. The monoisotopic (exact) mass is 387 g/mol. The number of aromatic amines is 1. The fraction of sp³-hybridized carbons (Fsp3) is 0.227. The van der Waals surface area contributed by atoms with Crippen LogP contribution in [0, 0.1) is 6.92 Å². The van der Waals surface area contributed by atoms with Gasteiger partial charge in [-0.3, -0.25) is 4.98 Å². The molecule has 0 fully saturated rings. The van der Waals surface area contributed by atoms with Gasteiger partial charge in [-0.05, 0) is 45.0 Å². The molecule has 0 saturated heterocycles. The highest BCUT2D eigenvalue weighted by molar-refractivity contribution is 6.13. The van der Waals surface area contributed by atoms with E-state index >= 15 is 0 Å². The Morgan fingerprint density at radius 2 is 1.97 bits per heavy atom. The second kappa shape index (κ2) is 6.56. The van der Waals surface area contributed by atoms with E-state index in [2.05, 4.69) is 44.5 Å². The summed E-state index contributed by atoms with van der Waals surface area (Å²) < 4.78 is 5.76. The Morgan fingerprint density at radius 1 is 1.10 bits per heavy atom. The quantitative estimate of drug-likeness (QED) is 0.549. The largest absolute Gasteiger partial charge is 0.496 e. The van der Waals surface area contributed by atoms with Crippen LogP contribution in [0.25, 0.3) is 38.8 Å². The lowest BCUT2D eigenvalue weighted by atomic mass is 9.96. The molecule has 5 rings (SSSR count). The Morgan fingerprint density at radius 3 is 2.69 bits per heavy atom. The minimum absolute atomic E-state index is 0.0703. The number of H-pyrrole nitrogens is 1. The van der Waals surface area contributed by atoms with Crippen LogP contribution in [0.5, 0.6) is 5.75 Å². The van der Waals surface area contributed by atoms with Crippen molar-refractivity contribution in [2.24, 2.45) is 0 Å². The molecule has 29 heavy (non-hydrogen) atoms. The van der Waals surface area contributed by atoms with Crippen molar-refractivity contribution >= 4 is 27.5 Å². The number of allylic oxidation sites excluding steroid dienone is 1. The maximum atomic E-state index is 5.76. The van der Waals surface area contributed by atoms with Gasteiger partial charge in [-0.1, -0.05) is 0 Å². The van der Waals surface area contributed by atoms with Gasteiger partial charge in [0.25, 0.3) is 0 Å². The van der Waals surface area contributed by atoms with E-state index in [1.807, 2.05) is 26.0 Å². The van der Waals surface area contributed by atoms with E-state index in [-0.39, 0.29) is 6.04 Å². The number of hydrogen-bond donors (Lipinski definition) is 2. The summed E-state index contributed by atoms with van der Waals surface area (Å²) in [4.78, 5) is 22.3. The van der Waals surface area contributed by atoms with Gasteiger partial charge in [-0.15, -0.1) is 5.48 Å². The molecule has 1 atom stereocenters. The number of benzene rings is 1. The summed E-state index contributed by atoms with van der Waals surface area (Å²) >= 11 is 0. The van der Waals surface area contributed by atoms with Gasteiger partial charge in [0.1, 0.15) is 23.5 Å². The van der Waals surface area contributed by atoms with Crippen LogP contribution in [-0.2, 0) is 4.84 Å². The van der Waals surface area contributed by atoms with Crippen molar-refractivity contribution in [3.05, 3.63) is 53.8 Å². The third kappa shape index (κ3) is 2.74. The van der Waals surface area contributed by atoms with Crippen LogP contribution in [0.4, 0.5) is 0 Å². The number of pyridine rings is 1. The van der Waals surface area contributed by atoms with Crippen molar-refractivity contribution in [1.29, 1.82) is 0 Å². The maximum Gasteiger partial charge on any atom is 0.142 e. The lowest BCUT2D eigenvalue weighted by molar-refractivity contribution is 0.122. The number of ether oxygens (including phenoxy) is 1. The number of rotatable bonds is 3. The molecule has 4 heterocycles. The Bertz CT molecular complexity index is 1290.